The van der Waals surface area contributed by atoms with Crippen molar-refractivity contribution in [2.75, 3.05) is 18.0 Å². The fourth-order valence-corrected chi connectivity index (χ4v) is 3.61. The van der Waals surface area contributed by atoms with Gasteiger partial charge in [0.1, 0.15) is 0 Å². The Balaban J connectivity index is 0.00000240. The number of anilines is 1. The number of nitrogens with one attached hydrogen (secondary N) is 1. The van der Waals surface area contributed by atoms with Gasteiger partial charge >= 0.3 is 0 Å². The summed E-state index contributed by atoms with van der Waals surface area (Å²) in [7, 11) is 0. The molecular weight excluding hydrogens is 388 g/mol. The first kappa shape index (κ1) is 20.6. The molecule has 1 aliphatic rings. The van der Waals surface area contributed by atoms with Crippen molar-refractivity contribution >= 4 is 29.8 Å². The molecule has 0 aliphatic carbocycles. The number of aromatic nitrogens is 2. The number of aromatic amines is 1. The van der Waals surface area contributed by atoms with Gasteiger partial charge in [0.15, 0.2) is 0 Å². The Labute approximate surface area is 176 Å². The van der Waals surface area contributed by atoms with Crippen LogP contribution >= 0.6 is 12.4 Å². The maximum absolute atomic E-state index is 12.4. The van der Waals surface area contributed by atoms with Crippen molar-refractivity contribution in [3.63, 3.8) is 0 Å². The summed E-state index contributed by atoms with van der Waals surface area (Å²) in [6.07, 6.45) is 3.47. The van der Waals surface area contributed by atoms with E-state index in [2.05, 4.69) is 45.2 Å². The highest BCUT2D eigenvalue weighted by atomic mass is 35.5. The van der Waals surface area contributed by atoms with E-state index in [4.69, 9.17) is 0 Å². The second-order valence-electron chi connectivity index (χ2n) is 6.99. The molecule has 0 radical (unpaired) electrons. The summed E-state index contributed by atoms with van der Waals surface area (Å²) in [5.41, 5.74) is 5.34. The number of hydrogen-bond donors (Lipinski definition) is 1. The summed E-state index contributed by atoms with van der Waals surface area (Å²) in [4.78, 5) is 35.2. The van der Waals surface area contributed by atoms with E-state index in [-0.39, 0.29) is 12.4 Å². The lowest BCUT2D eigenvalue weighted by molar-refractivity contribution is -0.143. The molecule has 0 atom stereocenters. The van der Waals surface area contributed by atoms with Gasteiger partial charge in [-0.25, -0.2) is 4.98 Å². The molecule has 0 fully saturated rings. The molecule has 0 spiro atoms. The lowest BCUT2D eigenvalue weighted by Gasteiger charge is -2.24. The number of H-pyrrole nitrogens is 1. The van der Waals surface area contributed by atoms with Crippen LogP contribution in [-0.4, -0.2) is 39.6 Å². The third kappa shape index (κ3) is 4.49. The SMILES string of the molecule is CC(=O)C(=O)N1CCN(Cc2cnc[nH]2)c2ccc(-c3ccccc3)cc2C1.Cl. The topological polar surface area (TPSA) is 69.3 Å². The maximum Gasteiger partial charge on any atom is 0.289 e. The Bertz CT molecular complexity index is 989. The van der Waals surface area contributed by atoms with E-state index in [9.17, 15) is 9.59 Å². The van der Waals surface area contributed by atoms with E-state index < -0.39 is 11.7 Å². The normalized spacial score (nSPS) is 13.3. The number of rotatable bonds is 4. The van der Waals surface area contributed by atoms with Gasteiger partial charge in [-0.2, -0.15) is 0 Å². The molecule has 6 nitrogen and oxygen atoms in total. The quantitative estimate of drug-likeness (QED) is 0.669. The lowest BCUT2D eigenvalue weighted by atomic mass is 10.0. The van der Waals surface area contributed by atoms with Crippen LogP contribution in [0.25, 0.3) is 11.1 Å². The Morgan fingerprint density at radius 1 is 1.07 bits per heavy atom. The van der Waals surface area contributed by atoms with Crippen LogP contribution < -0.4 is 4.90 Å². The van der Waals surface area contributed by atoms with Crippen molar-refractivity contribution in [2.45, 2.75) is 20.0 Å². The van der Waals surface area contributed by atoms with Crippen LogP contribution in [0, 0.1) is 0 Å². The molecule has 1 aromatic heterocycles. The van der Waals surface area contributed by atoms with Gasteiger partial charge in [0.25, 0.3) is 5.91 Å². The molecule has 0 saturated carbocycles. The molecule has 4 rings (SSSR count). The van der Waals surface area contributed by atoms with E-state index in [1.54, 1.807) is 17.4 Å². The molecule has 1 N–H and O–H groups in total. The highest BCUT2D eigenvalue weighted by molar-refractivity contribution is 6.35. The molecule has 2 heterocycles. The predicted octanol–water partition coefficient (Wildman–Crippen LogP) is 3.44. The number of amides is 1. The molecule has 0 bridgehead atoms. The molecular formula is C22H23ClN4O2. The summed E-state index contributed by atoms with van der Waals surface area (Å²) in [6.45, 7) is 3.57. The standard InChI is InChI=1S/C22H22N4O2.ClH/c1-16(27)22(28)26-10-9-25(14-20-12-23-15-24-20)21-8-7-18(11-19(21)13-26)17-5-3-2-4-6-17;/h2-8,11-12,15H,9-10,13-14H2,1H3,(H,23,24);1H. The van der Waals surface area contributed by atoms with Gasteiger partial charge in [0.2, 0.25) is 5.78 Å². The third-order valence-corrected chi connectivity index (χ3v) is 5.03. The number of benzene rings is 2. The largest absolute Gasteiger partial charge is 0.364 e. The van der Waals surface area contributed by atoms with Gasteiger partial charge in [-0.15, -0.1) is 12.4 Å². The van der Waals surface area contributed by atoms with E-state index in [1.807, 2.05) is 18.2 Å². The van der Waals surface area contributed by atoms with Crippen LogP contribution in [0.5, 0.6) is 0 Å². The van der Waals surface area contributed by atoms with Gasteiger partial charge in [-0.1, -0.05) is 36.4 Å². The van der Waals surface area contributed by atoms with Crippen molar-refractivity contribution in [1.82, 2.24) is 14.9 Å². The molecule has 0 saturated heterocycles. The summed E-state index contributed by atoms with van der Waals surface area (Å²) >= 11 is 0. The van der Waals surface area contributed by atoms with E-state index in [1.165, 1.54) is 6.92 Å². The third-order valence-electron chi connectivity index (χ3n) is 5.03. The van der Waals surface area contributed by atoms with Crippen LogP contribution in [0.3, 0.4) is 0 Å². The van der Waals surface area contributed by atoms with Gasteiger partial charge in [-0.3, -0.25) is 9.59 Å². The Morgan fingerprint density at radius 2 is 1.86 bits per heavy atom. The summed E-state index contributed by atoms with van der Waals surface area (Å²) in [5.74, 6) is -0.859. The van der Waals surface area contributed by atoms with Gasteiger partial charge in [0, 0.05) is 38.4 Å². The number of halogens is 1. The minimum absolute atomic E-state index is 0. The lowest BCUT2D eigenvalue weighted by Crippen LogP contribution is -2.38. The average Bonchev–Trinajstić information content (AvgIpc) is 3.16. The van der Waals surface area contributed by atoms with Gasteiger partial charge in [0.05, 0.1) is 18.6 Å². The van der Waals surface area contributed by atoms with E-state index in [0.717, 1.165) is 28.1 Å². The molecule has 7 heteroatoms. The molecule has 1 aliphatic heterocycles. The van der Waals surface area contributed by atoms with E-state index in [0.29, 0.717) is 26.2 Å². The van der Waals surface area contributed by atoms with E-state index >= 15 is 0 Å². The fourth-order valence-electron chi connectivity index (χ4n) is 3.61. The smallest absolute Gasteiger partial charge is 0.289 e. The number of Topliss-reactive ketones (excluding diaryl/α,β-unsaturated/α-hetero) is 1. The molecule has 3 aromatic rings. The number of hydrogen-bond acceptors (Lipinski definition) is 4. The Morgan fingerprint density at radius 3 is 2.55 bits per heavy atom. The summed E-state index contributed by atoms with van der Waals surface area (Å²) in [6, 6.07) is 16.5. The van der Waals surface area contributed by atoms with Crippen LogP contribution in [0.2, 0.25) is 0 Å². The van der Waals surface area contributed by atoms with Crippen LogP contribution in [0.1, 0.15) is 18.2 Å². The van der Waals surface area contributed by atoms with Gasteiger partial charge < -0.3 is 14.8 Å². The minimum Gasteiger partial charge on any atom is -0.364 e. The first-order valence-electron chi connectivity index (χ1n) is 9.32. The predicted molar refractivity (Wildman–Crippen MR) is 115 cm³/mol. The molecule has 150 valence electrons. The number of nitrogens with zero attached hydrogens (tertiary/aromatic N) is 3. The highest BCUT2D eigenvalue weighted by Gasteiger charge is 2.25. The number of ketones is 1. The summed E-state index contributed by atoms with van der Waals surface area (Å²) in [5, 5.41) is 0. The van der Waals surface area contributed by atoms with Crippen molar-refractivity contribution in [3.8, 4) is 11.1 Å². The second kappa shape index (κ2) is 8.92. The average molecular weight is 411 g/mol. The Hall–Kier alpha value is -3.12. The van der Waals surface area contributed by atoms with Crippen molar-refractivity contribution in [1.29, 1.82) is 0 Å². The number of fused-ring (bicyclic) bond motifs is 1. The van der Waals surface area contributed by atoms with Gasteiger partial charge in [-0.05, 0) is 28.8 Å². The first-order chi connectivity index (χ1) is 13.6. The van der Waals surface area contributed by atoms with Crippen LogP contribution in [0.4, 0.5) is 5.69 Å². The molecule has 29 heavy (non-hydrogen) atoms. The molecule has 0 unspecified atom stereocenters. The molecule has 1 amide bonds. The Kier molecular flexibility index (Phi) is 6.34. The van der Waals surface area contributed by atoms with Crippen LogP contribution in [0.15, 0.2) is 61.1 Å². The number of carbonyl (C=O) groups excluding carboxylic acids is 2. The highest BCUT2D eigenvalue weighted by Crippen LogP contribution is 2.31. The van der Waals surface area contributed by atoms with Crippen molar-refractivity contribution < 1.29 is 9.59 Å². The summed E-state index contributed by atoms with van der Waals surface area (Å²) < 4.78 is 0. The molecule has 2 aromatic carbocycles. The fraction of sp³-hybridized carbons (Fsp3) is 0.227. The van der Waals surface area contributed by atoms with Crippen molar-refractivity contribution in [2.24, 2.45) is 0 Å². The van der Waals surface area contributed by atoms with Crippen LogP contribution in [-0.2, 0) is 22.7 Å². The van der Waals surface area contributed by atoms with Crippen molar-refractivity contribution in [3.05, 3.63) is 72.3 Å². The minimum atomic E-state index is -0.431. The zero-order valence-corrected chi connectivity index (χ0v) is 17.0. The first-order valence-corrected chi connectivity index (χ1v) is 9.32. The zero-order chi connectivity index (χ0) is 19.5. The monoisotopic (exact) mass is 410 g/mol. The maximum atomic E-state index is 12.4. The number of imidazole rings is 1. The zero-order valence-electron chi connectivity index (χ0n) is 16.2. The second-order valence-corrected chi connectivity index (χ2v) is 6.99. The number of carbonyl (C=O) groups is 2.